The van der Waals surface area contributed by atoms with Gasteiger partial charge in [0.2, 0.25) is 5.89 Å². The Morgan fingerprint density at radius 3 is 2.46 bits per heavy atom. The number of halogens is 2. The van der Waals surface area contributed by atoms with Crippen molar-refractivity contribution in [1.82, 2.24) is 4.98 Å². The lowest BCUT2D eigenvalue weighted by atomic mass is 10.2. The lowest BCUT2D eigenvalue weighted by molar-refractivity contribution is 0.102. The molecule has 6 heteroatoms. The van der Waals surface area contributed by atoms with E-state index in [-0.39, 0.29) is 11.7 Å². The molecule has 0 aliphatic carbocycles. The molecule has 1 heterocycles. The van der Waals surface area contributed by atoms with E-state index in [0.29, 0.717) is 28.2 Å². The molecular weight excluding hydrogens is 446 g/mol. The number of rotatable bonds is 3. The van der Waals surface area contributed by atoms with E-state index in [1.54, 1.807) is 18.2 Å². The van der Waals surface area contributed by atoms with E-state index in [4.69, 9.17) is 4.42 Å². The molecule has 0 spiro atoms. The normalized spacial score (nSPS) is 10.8. The molecule has 0 radical (unpaired) electrons. The second-order valence-electron chi connectivity index (χ2n) is 5.67. The Morgan fingerprint density at radius 2 is 1.73 bits per heavy atom. The van der Waals surface area contributed by atoms with Crippen LogP contribution in [0.3, 0.4) is 0 Å². The molecule has 128 valence electrons. The number of carbonyl (C=O) groups is 1. The predicted molar refractivity (Wildman–Crippen MR) is 107 cm³/mol. The monoisotopic (exact) mass is 458 g/mol. The highest BCUT2D eigenvalue weighted by Gasteiger charge is 2.11. The summed E-state index contributed by atoms with van der Waals surface area (Å²) in [4.78, 5) is 16.7. The Bertz CT molecular complexity index is 1090. The number of amides is 1. The van der Waals surface area contributed by atoms with E-state index in [1.807, 2.05) is 24.3 Å². The number of oxazole rings is 1. The number of anilines is 1. The molecule has 0 saturated heterocycles. The topological polar surface area (TPSA) is 55.1 Å². The lowest BCUT2D eigenvalue weighted by Crippen LogP contribution is -2.11. The van der Waals surface area contributed by atoms with Crippen LogP contribution in [0.4, 0.5) is 10.1 Å². The second-order valence-corrected chi connectivity index (χ2v) is 6.92. The third-order valence-corrected chi connectivity index (χ3v) is 4.56. The van der Waals surface area contributed by atoms with Crippen molar-refractivity contribution >= 4 is 45.3 Å². The van der Waals surface area contributed by atoms with Gasteiger partial charge >= 0.3 is 0 Å². The van der Waals surface area contributed by atoms with E-state index in [1.165, 1.54) is 24.3 Å². The van der Waals surface area contributed by atoms with Crippen molar-refractivity contribution in [3.05, 3.63) is 81.7 Å². The van der Waals surface area contributed by atoms with Crippen molar-refractivity contribution in [3.63, 3.8) is 0 Å². The zero-order valence-corrected chi connectivity index (χ0v) is 15.5. The van der Waals surface area contributed by atoms with Crippen LogP contribution in [-0.4, -0.2) is 10.9 Å². The van der Waals surface area contributed by atoms with Crippen LogP contribution in [0.5, 0.6) is 0 Å². The van der Waals surface area contributed by atoms with Gasteiger partial charge in [0.05, 0.1) is 0 Å². The molecular formula is C20H12FIN2O2. The Balaban J connectivity index is 1.60. The maximum atomic E-state index is 13.0. The molecule has 1 N–H and O–H groups in total. The maximum Gasteiger partial charge on any atom is 0.255 e. The summed E-state index contributed by atoms with van der Waals surface area (Å²) >= 11 is 2.24. The summed E-state index contributed by atoms with van der Waals surface area (Å²) in [6.45, 7) is 0. The van der Waals surface area contributed by atoms with Gasteiger partial charge in [-0.25, -0.2) is 9.37 Å². The van der Waals surface area contributed by atoms with E-state index in [9.17, 15) is 9.18 Å². The van der Waals surface area contributed by atoms with Crippen molar-refractivity contribution in [1.29, 1.82) is 0 Å². The zero-order valence-electron chi connectivity index (χ0n) is 13.4. The number of benzene rings is 3. The average Bonchev–Trinajstić information content (AvgIpc) is 3.06. The summed E-state index contributed by atoms with van der Waals surface area (Å²) in [5, 5.41) is 2.78. The van der Waals surface area contributed by atoms with E-state index in [0.717, 1.165) is 9.13 Å². The Morgan fingerprint density at radius 1 is 1.00 bits per heavy atom. The first-order chi connectivity index (χ1) is 12.6. The van der Waals surface area contributed by atoms with Crippen LogP contribution in [-0.2, 0) is 0 Å². The van der Waals surface area contributed by atoms with Crippen LogP contribution in [0, 0.1) is 9.39 Å². The molecule has 0 saturated carbocycles. The van der Waals surface area contributed by atoms with Gasteiger partial charge < -0.3 is 9.73 Å². The molecule has 4 nitrogen and oxygen atoms in total. The van der Waals surface area contributed by atoms with E-state index < -0.39 is 0 Å². The smallest absolute Gasteiger partial charge is 0.255 e. The predicted octanol–water partition coefficient (Wildman–Crippen LogP) is 5.49. The summed E-state index contributed by atoms with van der Waals surface area (Å²) in [6.07, 6.45) is 0. The fourth-order valence-electron chi connectivity index (χ4n) is 2.53. The molecule has 0 aliphatic heterocycles. The fraction of sp³-hybridized carbons (Fsp3) is 0. The molecule has 26 heavy (non-hydrogen) atoms. The van der Waals surface area contributed by atoms with Gasteiger partial charge in [0, 0.05) is 20.4 Å². The van der Waals surface area contributed by atoms with Gasteiger partial charge in [-0.3, -0.25) is 4.79 Å². The molecule has 0 atom stereocenters. The zero-order chi connectivity index (χ0) is 18.1. The first kappa shape index (κ1) is 16.7. The minimum atomic E-state index is -0.381. The van der Waals surface area contributed by atoms with Crippen molar-refractivity contribution in [3.8, 4) is 11.5 Å². The molecule has 4 rings (SSSR count). The summed E-state index contributed by atoms with van der Waals surface area (Å²) in [7, 11) is 0. The molecule has 1 aromatic heterocycles. The molecule has 0 unspecified atom stereocenters. The van der Waals surface area contributed by atoms with E-state index >= 15 is 0 Å². The Labute approximate surface area is 162 Å². The summed E-state index contributed by atoms with van der Waals surface area (Å²) in [5.74, 6) is -0.169. The number of hydrogen-bond acceptors (Lipinski definition) is 3. The number of nitrogens with one attached hydrogen (secondary N) is 1. The standard InChI is InChI=1S/C20H12FIN2O2/c21-14-5-1-12(2-6-14)19(25)23-16-9-10-18-17(11-16)24-20(26-18)13-3-7-15(22)8-4-13/h1-11H,(H,23,25). The minimum absolute atomic E-state index is 0.314. The van der Waals surface area contributed by atoms with Crippen molar-refractivity contribution in [2.24, 2.45) is 0 Å². The van der Waals surface area contributed by atoms with Gasteiger partial charge in [0.15, 0.2) is 5.58 Å². The summed E-state index contributed by atoms with van der Waals surface area (Å²) in [5.41, 5.74) is 3.15. The third kappa shape index (κ3) is 3.45. The molecule has 0 fully saturated rings. The summed E-state index contributed by atoms with van der Waals surface area (Å²) in [6, 6.07) is 18.5. The van der Waals surface area contributed by atoms with Crippen molar-refractivity contribution in [2.75, 3.05) is 5.32 Å². The van der Waals surface area contributed by atoms with Crippen LogP contribution < -0.4 is 5.32 Å². The molecule has 3 aromatic carbocycles. The fourth-order valence-corrected chi connectivity index (χ4v) is 2.89. The van der Waals surface area contributed by atoms with E-state index in [2.05, 4.69) is 32.9 Å². The number of hydrogen-bond donors (Lipinski definition) is 1. The largest absolute Gasteiger partial charge is 0.436 e. The highest BCUT2D eigenvalue weighted by molar-refractivity contribution is 14.1. The van der Waals surface area contributed by atoms with Gasteiger partial charge in [0.1, 0.15) is 11.3 Å². The first-order valence-electron chi connectivity index (χ1n) is 7.82. The van der Waals surface area contributed by atoms with Crippen molar-refractivity contribution < 1.29 is 13.6 Å². The van der Waals surface area contributed by atoms with Crippen LogP contribution >= 0.6 is 22.6 Å². The molecule has 1 amide bonds. The quantitative estimate of drug-likeness (QED) is 0.413. The maximum absolute atomic E-state index is 13.0. The number of fused-ring (bicyclic) bond motifs is 1. The van der Waals surface area contributed by atoms with Crippen LogP contribution in [0.2, 0.25) is 0 Å². The van der Waals surface area contributed by atoms with Crippen LogP contribution in [0.15, 0.2) is 71.1 Å². The van der Waals surface area contributed by atoms with Gasteiger partial charge in [-0.15, -0.1) is 0 Å². The molecule has 0 aliphatic rings. The Hall–Kier alpha value is -2.74. The van der Waals surface area contributed by atoms with Gasteiger partial charge in [-0.1, -0.05) is 0 Å². The second kappa shape index (κ2) is 6.87. The lowest BCUT2D eigenvalue weighted by Gasteiger charge is -2.04. The molecule has 4 aromatic rings. The highest BCUT2D eigenvalue weighted by atomic mass is 127. The number of aromatic nitrogens is 1. The SMILES string of the molecule is O=C(Nc1ccc2oc(-c3ccc(I)cc3)nc2c1)c1ccc(F)cc1. The van der Waals surface area contributed by atoms with Crippen LogP contribution in [0.25, 0.3) is 22.6 Å². The number of nitrogens with zero attached hydrogens (tertiary/aromatic N) is 1. The van der Waals surface area contributed by atoms with Crippen LogP contribution in [0.1, 0.15) is 10.4 Å². The van der Waals surface area contributed by atoms with Gasteiger partial charge in [-0.05, 0) is 89.3 Å². The van der Waals surface area contributed by atoms with Crippen molar-refractivity contribution in [2.45, 2.75) is 0 Å². The average molecular weight is 458 g/mol. The number of carbonyl (C=O) groups excluding carboxylic acids is 1. The Kier molecular flexibility index (Phi) is 4.42. The highest BCUT2D eigenvalue weighted by Crippen LogP contribution is 2.26. The van der Waals surface area contributed by atoms with Gasteiger partial charge in [-0.2, -0.15) is 0 Å². The first-order valence-corrected chi connectivity index (χ1v) is 8.90. The minimum Gasteiger partial charge on any atom is -0.436 e. The third-order valence-electron chi connectivity index (χ3n) is 3.84. The molecule has 0 bridgehead atoms. The summed E-state index contributed by atoms with van der Waals surface area (Å²) < 4.78 is 19.9. The van der Waals surface area contributed by atoms with Gasteiger partial charge in [0.25, 0.3) is 5.91 Å².